The van der Waals surface area contributed by atoms with Crippen molar-refractivity contribution in [2.45, 2.75) is 97.3 Å². The van der Waals surface area contributed by atoms with Gasteiger partial charge in [-0.05, 0) is 25.5 Å². The molecule has 1 rings (SSSR count). The van der Waals surface area contributed by atoms with Gasteiger partial charge in [-0.1, -0.05) is 102 Å². The summed E-state index contributed by atoms with van der Waals surface area (Å²) in [7, 11) is -3.16. The molecular weight excluding hydrogens is 355 g/mol. The van der Waals surface area contributed by atoms with E-state index in [2.05, 4.69) is 6.92 Å². The van der Waals surface area contributed by atoms with Crippen molar-refractivity contribution in [1.29, 1.82) is 0 Å². The Morgan fingerprint density at radius 2 is 1.15 bits per heavy atom. The Kier molecular flexibility index (Phi) is 14.8. The highest BCUT2D eigenvalue weighted by atomic mass is 31.2. The minimum absolute atomic E-state index is 0.394. The lowest BCUT2D eigenvalue weighted by Crippen LogP contribution is -2.10. The van der Waals surface area contributed by atoms with Gasteiger partial charge in [-0.25, -0.2) is 0 Å². The minimum atomic E-state index is -3.16. The summed E-state index contributed by atoms with van der Waals surface area (Å²) in [5.74, 6) is 0. The van der Waals surface area contributed by atoms with E-state index in [0.717, 1.165) is 12.8 Å². The summed E-state index contributed by atoms with van der Waals surface area (Å²) >= 11 is 0. The second-order valence-corrected chi connectivity index (χ2v) is 9.35. The standard InChI is InChI=1S/C23H41O3P/c1-3-5-6-7-8-9-10-11-12-13-14-15-19-22-26-27(24,25-4-2)23-20-17-16-18-21-23/h16-18,20-21H,3-15,19,22H2,1-2H3. The van der Waals surface area contributed by atoms with Crippen LogP contribution in [0.1, 0.15) is 97.3 Å². The van der Waals surface area contributed by atoms with Crippen LogP contribution in [0.2, 0.25) is 0 Å². The molecule has 0 saturated carbocycles. The number of unbranched alkanes of at least 4 members (excludes halogenated alkanes) is 12. The number of benzene rings is 1. The lowest BCUT2D eigenvalue weighted by Gasteiger charge is -2.17. The molecule has 0 aromatic heterocycles. The lowest BCUT2D eigenvalue weighted by atomic mass is 10.0. The van der Waals surface area contributed by atoms with Gasteiger partial charge in [-0.2, -0.15) is 0 Å². The Morgan fingerprint density at radius 1 is 0.667 bits per heavy atom. The Bertz CT molecular complexity index is 490. The van der Waals surface area contributed by atoms with Crippen LogP contribution in [0.4, 0.5) is 0 Å². The van der Waals surface area contributed by atoms with Gasteiger partial charge in [0.25, 0.3) is 0 Å². The smallest absolute Gasteiger partial charge is 0.305 e. The summed E-state index contributed by atoms with van der Waals surface area (Å²) in [6, 6.07) is 9.29. The van der Waals surface area contributed by atoms with Gasteiger partial charge in [0.15, 0.2) is 0 Å². The summed E-state index contributed by atoms with van der Waals surface area (Å²) in [6.07, 6.45) is 17.1. The third-order valence-electron chi connectivity index (χ3n) is 4.88. The third-order valence-corrected chi connectivity index (χ3v) is 6.93. The zero-order valence-corrected chi connectivity index (χ0v) is 18.6. The zero-order valence-electron chi connectivity index (χ0n) is 17.7. The van der Waals surface area contributed by atoms with Crippen molar-refractivity contribution in [3.05, 3.63) is 30.3 Å². The molecule has 0 spiro atoms. The van der Waals surface area contributed by atoms with E-state index in [4.69, 9.17) is 9.05 Å². The van der Waals surface area contributed by atoms with Crippen molar-refractivity contribution in [1.82, 2.24) is 0 Å². The van der Waals surface area contributed by atoms with E-state index in [9.17, 15) is 4.57 Å². The van der Waals surface area contributed by atoms with E-state index in [1.54, 1.807) is 0 Å². The highest BCUT2D eigenvalue weighted by Gasteiger charge is 2.26. The van der Waals surface area contributed by atoms with Crippen LogP contribution in [-0.4, -0.2) is 13.2 Å². The predicted molar refractivity (Wildman–Crippen MR) is 117 cm³/mol. The Hall–Kier alpha value is -0.630. The first-order valence-corrected chi connectivity index (χ1v) is 12.7. The molecule has 0 aliphatic heterocycles. The van der Waals surface area contributed by atoms with Crippen molar-refractivity contribution >= 4 is 12.9 Å². The summed E-state index contributed by atoms with van der Waals surface area (Å²) < 4.78 is 24.0. The second-order valence-electron chi connectivity index (χ2n) is 7.33. The topological polar surface area (TPSA) is 35.5 Å². The maximum atomic E-state index is 12.9. The van der Waals surface area contributed by atoms with Crippen LogP contribution < -0.4 is 5.30 Å². The third kappa shape index (κ3) is 11.7. The molecule has 1 unspecified atom stereocenters. The molecule has 0 N–H and O–H groups in total. The van der Waals surface area contributed by atoms with Gasteiger partial charge in [-0.15, -0.1) is 0 Å². The largest absolute Gasteiger partial charge is 0.361 e. The number of rotatable bonds is 18. The predicted octanol–water partition coefficient (Wildman–Crippen LogP) is 7.65. The van der Waals surface area contributed by atoms with Crippen LogP contribution in [0, 0.1) is 0 Å². The molecule has 1 aromatic carbocycles. The Balaban J connectivity index is 2.01. The molecule has 0 fully saturated rings. The molecule has 0 amide bonds. The van der Waals surface area contributed by atoms with Gasteiger partial charge in [-0.3, -0.25) is 4.57 Å². The molecule has 0 saturated heterocycles. The van der Waals surface area contributed by atoms with Crippen LogP contribution in [0.3, 0.4) is 0 Å². The van der Waals surface area contributed by atoms with Crippen LogP contribution in [-0.2, 0) is 13.6 Å². The SMILES string of the molecule is CCCCCCCCCCCCCCCOP(=O)(OCC)c1ccccc1. The Labute approximate surface area is 167 Å². The fraction of sp³-hybridized carbons (Fsp3) is 0.739. The van der Waals surface area contributed by atoms with E-state index in [1.165, 1.54) is 70.6 Å². The van der Waals surface area contributed by atoms with Gasteiger partial charge < -0.3 is 9.05 Å². The van der Waals surface area contributed by atoms with E-state index in [1.807, 2.05) is 37.3 Å². The lowest BCUT2D eigenvalue weighted by molar-refractivity contribution is 0.217. The van der Waals surface area contributed by atoms with Crippen molar-refractivity contribution in [3.8, 4) is 0 Å². The van der Waals surface area contributed by atoms with Gasteiger partial charge in [0, 0.05) is 0 Å². The molecule has 1 atom stereocenters. The number of hydrogen-bond donors (Lipinski definition) is 0. The molecule has 27 heavy (non-hydrogen) atoms. The highest BCUT2D eigenvalue weighted by molar-refractivity contribution is 7.62. The van der Waals surface area contributed by atoms with Crippen LogP contribution in [0.5, 0.6) is 0 Å². The molecule has 0 heterocycles. The summed E-state index contributed by atoms with van der Waals surface area (Å²) in [6.45, 7) is 5.02. The van der Waals surface area contributed by atoms with E-state index >= 15 is 0 Å². The van der Waals surface area contributed by atoms with Crippen molar-refractivity contribution in [3.63, 3.8) is 0 Å². The van der Waals surface area contributed by atoms with Gasteiger partial charge in [0.1, 0.15) is 0 Å². The molecule has 0 radical (unpaired) electrons. The fourth-order valence-corrected chi connectivity index (χ4v) is 4.89. The molecule has 0 bridgehead atoms. The fourth-order valence-electron chi connectivity index (χ4n) is 3.27. The van der Waals surface area contributed by atoms with E-state index < -0.39 is 7.60 Å². The van der Waals surface area contributed by atoms with Gasteiger partial charge in [0.2, 0.25) is 0 Å². The molecule has 4 heteroatoms. The molecule has 0 aliphatic carbocycles. The van der Waals surface area contributed by atoms with Crippen LogP contribution >= 0.6 is 7.60 Å². The average Bonchev–Trinajstić information content (AvgIpc) is 2.69. The van der Waals surface area contributed by atoms with E-state index in [-0.39, 0.29) is 0 Å². The van der Waals surface area contributed by atoms with Crippen molar-refractivity contribution < 1.29 is 13.6 Å². The molecular formula is C23H41O3P. The van der Waals surface area contributed by atoms with E-state index in [0.29, 0.717) is 18.5 Å². The van der Waals surface area contributed by atoms with Crippen LogP contribution in [0.25, 0.3) is 0 Å². The highest BCUT2D eigenvalue weighted by Crippen LogP contribution is 2.46. The molecule has 1 aromatic rings. The summed E-state index contributed by atoms with van der Waals surface area (Å²) in [5.41, 5.74) is 0. The molecule has 0 aliphatic rings. The normalized spacial score (nSPS) is 13.6. The van der Waals surface area contributed by atoms with Crippen LogP contribution in [0.15, 0.2) is 30.3 Å². The number of hydrogen-bond acceptors (Lipinski definition) is 3. The Morgan fingerprint density at radius 3 is 1.63 bits per heavy atom. The van der Waals surface area contributed by atoms with Gasteiger partial charge >= 0.3 is 7.60 Å². The van der Waals surface area contributed by atoms with Crippen molar-refractivity contribution in [2.24, 2.45) is 0 Å². The monoisotopic (exact) mass is 396 g/mol. The maximum Gasteiger partial charge on any atom is 0.361 e. The van der Waals surface area contributed by atoms with Gasteiger partial charge in [0.05, 0.1) is 18.5 Å². The first-order chi connectivity index (χ1) is 13.2. The maximum absolute atomic E-state index is 12.9. The minimum Gasteiger partial charge on any atom is -0.305 e. The first-order valence-electron chi connectivity index (χ1n) is 11.2. The second kappa shape index (κ2) is 16.3. The summed E-state index contributed by atoms with van der Waals surface area (Å²) in [5, 5.41) is 0.654. The quantitative estimate of drug-likeness (QED) is 0.189. The average molecular weight is 397 g/mol. The zero-order chi connectivity index (χ0) is 19.6. The summed E-state index contributed by atoms with van der Waals surface area (Å²) in [4.78, 5) is 0. The molecule has 3 nitrogen and oxygen atoms in total. The van der Waals surface area contributed by atoms with Crippen molar-refractivity contribution in [2.75, 3.05) is 13.2 Å². The first kappa shape index (κ1) is 24.4. The molecule has 156 valence electrons.